The van der Waals surface area contributed by atoms with Crippen molar-refractivity contribution >= 4 is 11.8 Å². The maximum atomic E-state index is 12.8. The molecule has 2 fully saturated rings. The van der Waals surface area contributed by atoms with Gasteiger partial charge in [-0.25, -0.2) is 0 Å². The van der Waals surface area contributed by atoms with Gasteiger partial charge in [-0.2, -0.15) is 0 Å². The van der Waals surface area contributed by atoms with Crippen LogP contribution in [-0.4, -0.2) is 73.6 Å². The molecule has 7 nitrogen and oxygen atoms in total. The number of carbonyl (C=O) groups is 2. The molecule has 0 saturated carbocycles. The van der Waals surface area contributed by atoms with Crippen molar-refractivity contribution in [3.8, 4) is 11.5 Å². The van der Waals surface area contributed by atoms with Gasteiger partial charge in [-0.3, -0.25) is 9.59 Å². The van der Waals surface area contributed by atoms with Crippen molar-refractivity contribution in [2.24, 2.45) is 5.92 Å². The summed E-state index contributed by atoms with van der Waals surface area (Å²) < 4.78 is 11.7. The molecule has 4 rings (SSSR count). The summed E-state index contributed by atoms with van der Waals surface area (Å²) in [6.07, 6.45) is 4.46. The number of nitrogens with zero attached hydrogens (tertiary/aromatic N) is 2. The quantitative estimate of drug-likeness (QED) is 0.817. The molecule has 30 heavy (non-hydrogen) atoms. The van der Waals surface area contributed by atoms with E-state index in [0.29, 0.717) is 56.0 Å². The molecule has 1 aromatic carbocycles. The second kappa shape index (κ2) is 8.84. The average molecular weight is 416 g/mol. The molecule has 2 amide bonds. The molecule has 3 aliphatic rings. The number of hydrogen-bond acceptors (Lipinski definition) is 5. The summed E-state index contributed by atoms with van der Waals surface area (Å²) in [4.78, 5) is 29.6. The smallest absolute Gasteiger partial charge is 0.255 e. The number of ether oxygens (including phenoxy) is 2. The predicted molar refractivity (Wildman–Crippen MR) is 114 cm³/mol. The third-order valence-corrected chi connectivity index (χ3v) is 6.88. The number of carbonyl (C=O) groups excluding carboxylic acids is 2. The van der Waals surface area contributed by atoms with Crippen molar-refractivity contribution in [1.29, 1.82) is 0 Å². The van der Waals surface area contributed by atoms with Gasteiger partial charge in [0.15, 0.2) is 0 Å². The Labute approximate surface area is 178 Å². The molecular formula is C23H33N3O4. The summed E-state index contributed by atoms with van der Waals surface area (Å²) >= 11 is 0. The Morgan fingerprint density at radius 2 is 1.97 bits per heavy atom. The van der Waals surface area contributed by atoms with E-state index in [0.717, 1.165) is 25.6 Å². The van der Waals surface area contributed by atoms with Crippen molar-refractivity contribution < 1.29 is 19.1 Å². The first-order valence-electron chi connectivity index (χ1n) is 11.1. The van der Waals surface area contributed by atoms with Gasteiger partial charge < -0.3 is 24.6 Å². The fourth-order valence-electron chi connectivity index (χ4n) is 4.65. The minimum atomic E-state index is -0.479. The predicted octanol–water partition coefficient (Wildman–Crippen LogP) is 2.30. The standard InChI is InChI=1S/C23H33N3O4/c1-17-5-10-25(11-6-17)12-7-21(27)26-13-8-23(9-14-26)16-24-22(28)19-4-3-18(29-2)15-20(19)30-23/h3-4,15,17H,5-14,16H2,1-2H3,(H,24,28). The maximum Gasteiger partial charge on any atom is 0.255 e. The largest absolute Gasteiger partial charge is 0.497 e. The molecule has 2 saturated heterocycles. The zero-order valence-corrected chi connectivity index (χ0v) is 18.1. The van der Waals surface area contributed by atoms with Crippen LogP contribution in [0.15, 0.2) is 18.2 Å². The van der Waals surface area contributed by atoms with Crippen LogP contribution in [0.5, 0.6) is 11.5 Å². The molecule has 0 atom stereocenters. The van der Waals surface area contributed by atoms with Crippen LogP contribution >= 0.6 is 0 Å². The van der Waals surface area contributed by atoms with Gasteiger partial charge in [-0.05, 0) is 44.0 Å². The summed E-state index contributed by atoms with van der Waals surface area (Å²) in [7, 11) is 1.60. The third-order valence-electron chi connectivity index (χ3n) is 6.88. The summed E-state index contributed by atoms with van der Waals surface area (Å²) in [5.41, 5.74) is 0.0506. The van der Waals surface area contributed by atoms with Crippen LogP contribution in [0.4, 0.5) is 0 Å². The topological polar surface area (TPSA) is 71.1 Å². The normalized spacial score (nSPS) is 22.1. The molecule has 3 aliphatic heterocycles. The van der Waals surface area contributed by atoms with Crippen LogP contribution in [0.2, 0.25) is 0 Å². The van der Waals surface area contributed by atoms with Gasteiger partial charge in [0.05, 0.1) is 19.2 Å². The van der Waals surface area contributed by atoms with Gasteiger partial charge in [0.1, 0.15) is 17.1 Å². The molecule has 0 aliphatic carbocycles. The second-order valence-corrected chi connectivity index (χ2v) is 8.98. The molecular weight excluding hydrogens is 382 g/mol. The molecule has 7 heteroatoms. The van der Waals surface area contributed by atoms with E-state index in [1.165, 1.54) is 12.8 Å². The van der Waals surface area contributed by atoms with Crippen molar-refractivity contribution in [1.82, 2.24) is 15.1 Å². The Balaban J connectivity index is 1.33. The second-order valence-electron chi connectivity index (χ2n) is 8.98. The van der Waals surface area contributed by atoms with Gasteiger partial charge in [0.2, 0.25) is 5.91 Å². The Bertz CT molecular complexity index is 781. The van der Waals surface area contributed by atoms with E-state index >= 15 is 0 Å². The van der Waals surface area contributed by atoms with Crippen LogP contribution < -0.4 is 14.8 Å². The Hall–Kier alpha value is -2.28. The number of likely N-dealkylation sites (tertiary alicyclic amines) is 2. The minimum Gasteiger partial charge on any atom is -0.497 e. The number of piperidine rings is 2. The zero-order valence-electron chi connectivity index (χ0n) is 18.1. The molecule has 1 aromatic rings. The van der Waals surface area contributed by atoms with Crippen molar-refractivity contribution in [3.05, 3.63) is 23.8 Å². The highest BCUT2D eigenvalue weighted by molar-refractivity contribution is 5.97. The first-order valence-corrected chi connectivity index (χ1v) is 11.1. The van der Waals surface area contributed by atoms with E-state index in [2.05, 4.69) is 17.1 Å². The fraction of sp³-hybridized carbons (Fsp3) is 0.652. The number of benzene rings is 1. The molecule has 0 aromatic heterocycles. The lowest BCUT2D eigenvalue weighted by Crippen LogP contribution is -2.54. The summed E-state index contributed by atoms with van der Waals surface area (Å²) in [5.74, 6) is 2.13. The van der Waals surface area contributed by atoms with E-state index in [9.17, 15) is 9.59 Å². The van der Waals surface area contributed by atoms with Crippen LogP contribution in [-0.2, 0) is 4.79 Å². The fourth-order valence-corrected chi connectivity index (χ4v) is 4.65. The first-order chi connectivity index (χ1) is 14.5. The minimum absolute atomic E-state index is 0.126. The summed E-state index contributed by atoms with van der Waals surface area (Å²) in [6, 6.07) is 5.28. The third kappa shape index (κ3) is 4.56. The molecule has 3 heterocycles. The molecule has 0 unspecified atom stereocenters. The van der Waals surface area contributed by atoms with Crippen molar-refractivity contribution in [2.45, 2.75) is 44.6 Å². The van der Waals surface area contributed by atoms with Crippen LogP contribution in [0.25, 0.3) is 0 Å². The number of nitrogens with one attached hydrogen (secondary N) is 1. The number of rotatable bonds is 4. The summed E-state index contributed by atoms with van der Waals surface area (Å²) in [5, 5.41) is 3.00. The highest BCUT2D eigenvalue weighted by Crippen LogP contribution is 2.35. The number of fused-ring (bicyclic) bond motifs is 1. The number of amides is 2. The van der Waals surface area contributed by atoms with Crippen LogP contribution in [0.1, 0.15) is 49.4 Å². The van der Waals surface area contributed by atoms with E-state index in [1.54, 1.807) is 25.3 Å². The van der Waals surface area contributed by atoms with Gasteiger partial charge in [-0.15, -0.1) is 0 Å². The highest BCUT2D eigenvalue weighted by atomic mass is 16.5. The molecule has 1 spiro atoms. The van der Waals surface area contributed by atoms with E-state index < -0.39 is 5.60 Å². The van der Waals surface area contributed by atoms with E-state index in [1.807, 2.05) is 4.90 Å². The van der Waals surface area contributed by atoms with Crippen LogP contribution in [0, 0.1) is 5.92 Å². The van der Waals surface area contributed by atoms with E-state index in [4.69, 9.17) is 9.47 Å². The van der Waals surface area contributed by atoms with Gasteiger partial charge >= 0.3 is 0 Å². The van der Waals surface area contributed by atoms with Crippen LogP contribution in [0.3, 0.4) is 0 Å². The Morgan fingerprint density at radius 1 is 1.23 bits per heavy atom. The first kappa shape index (κ1) is 21.0. The van der Waals surface area contributed by atoms with Gasteiger partial charge in [0, 0.05) is 45.0 Å². The molecule has 1 N–H and O–H groups in total. The zero-order chi connectivity index (χ0) is 21.1. The molecule has 164 valence electrons. The highest BCUT2D eigenvalue weighted by Gasteiger charge is 2.41. The monoisotopic (exact) mass is 415 g/mol. The lowest BCUT2D eigenvalue weighted by atomic mass is 9.90. The Kier molecular flexibility index (Phi) is 6.18. The lowest BCUT2D eigenvalue weighted by Gasteiger charge is -2.41. The van der Waals surface area contributed by atoms with Gasteiger partial charge in [-0.1, -0.05) is 6.92 Å². The van der Waals surface area contributed by atoms with Crippen molar-refractivity contribution in [3.63, 3.8) is 0 Å². The van der Waals surface area contributed by atoms with E-state index in [-0.39, 0.29) is 11.8 Å². The maximum absolute atomic E-state index is 12.8. The SMILES string of the molecule is COc1ccc2c(c1)OC1(CCN(C(=O)CCN3CCC(C)CC3)CC1)CNC2=O. The molecule has 0 bridgehead atoms. The number of hydrogen-bond donors (Lipinski definition) is 1. The average Bonchev–Trinajstić information content (AvgIpc) is 2.90. The molecule has 0 radical (unpaired) electrons. The number of methoxy groups -OCH3 is 1. The Morgan fingerprint density at radius 3 is 2.67 bits per heavy atom. The summed E-state index contributed by atoms with van der Waals surface area (Å²) in [6.45, 7) is 7.14. The van der Waals surface area contributed by atoms with Gasteiger partial charge in [0.25, 0.3) is 5.91 Å². The lowest BCUT2D eigenvalue weighted by molar-refractivity contribution is -0.135. The van der Waals surface area contributed by atoms with Crippen molar-refractivity contribution in [2.75, 3.05) is 46.4 Å².